The second-order valence-electron chi connectivity index (χ2n) is 26.5. The lowest BCUT2D eigenvalue weighted by Gasteiger charge is -2.33. The molecule has 0 unspecified atom stereocenters. The molecule has 0 aliphatic carbocycles. The summed E-state index contributed by atoms with van der Waals surface area (Å²) >= 11 is 0. The van der Waals surface area contributed by atoms with Crippen LogP contribution in [0.4, 0.5) is 0 Å². The largest absolute Gasteiger partial charge is 0.391 e. The molecule has 498 valence electrons. The van der Waals surface area contributed by atoms with Crippen LogP contribution < -0.4 is 5.32 Å². The molecule has 4 atom stereocenters. The molecule has 5 N–H and O–H groups in total. The molecule has 14 heteroatoms. The van der Waals surface area contributed by atoms with Gasteiger partial charge in [-0.2, -0.15) is 0 Å². The maximum absolute atomic E-state index is 12.2. The first-order chi connectivity index (χ1) is 43.4. The average molecular weight is 1250 g/mol. The number of hydrogen-bond donors (Lipinski definition) is 5. The van der Waals surface area contributed by atoms with E-state index in [1.165, 1.54) is 27.8 Å². The summed E-state index contributed by atoms with van der Waals surface area (Å²) in [5.74, 6) is 2.61. The van der Waals surface area contributed by atoms with Crippen molar-refractivity contribution in [2.24, 2.45) is 0 Å². The zero-order valence-electron chi connectivity index (χ0n) is 57.3. The van der Waals surface area contributed by atoms with Crippen LogP contribution in [0.5, 0.6) is 0 Å². The van der Waals surface area contributed by atoms with Gasteiger partial charge < -0.3 is 50.2 Å². The molecule has 4 heterocycles. The van der Waals surface area contributed by atoms with Crippen molar-refractivity contribution < 1.29 is 39.6 Å². The van der Waals surface area contributed by atoms with E-state index in [-0.39, 0.29) is 48.0 Å². The quantitative estimate of drug-likeness (QED) is 0.0531. The summed E-state index contributed by atoms with van der Waals surface area (Å²) in [5.41, 5.74) is 11.4. The molecule has 0 bridgehead atoms. The molecule has 0 saturated carbocycles. The SMILES string of the molecule is C=C(c1ccc(C(C)C)cc1)N1CCC[C@H](O)C1.CC(C)c1ccc(C(=O)N2CCC[C@@H](O)C2)cc1.CC(C)c1ccc(C(=O)N2CC[C@@H](O)C2)cc1.CC(C)c1ccc(C(=O)N2CC[C@H](O)C2)cc1.CCN(CC)CCCCNC(=O)c1ccc(C(C)C)cc1. The maximum atomic E-state index is 12.2. The van der Waals surface area contributed by atoms with Gasteiger partial charge in [-0.15, -0.1) is 0 Å². The Hall–Kier alpha value is -6.68. The number of aliphatic hydroxyl groups excluding tert-OH is 4. The molecule has 91 heavy (non-hydrogen) atoms. The molecular formula is C77H112N6O8. The molecule has 4 aliphatic rings. The van der Waals surface area contributed by atoms with Gasteiger partial charge in [-0.3, -0.25) is 19.2 Å². The number of unbranched alkanes of at least 4 members (excludes halogenated alkanes) is 1. The number of likely N-dealkylation sites (tertiary alicyclic amines) is 4. The van der Waals surface area contributed by atoms with Crippen molar-refractivity contribution in [3.05, 3.63) is 184 Å². The fourth-order valence-corrected chi connectivity index (χ4v) is 11.3. The predicted molar refractivity (Wildman–Crippen MR) is 372 cm³/mol. The number of aliphatic hydroxyl groups is 4. The van der Waals surface area contributed by atoms with Crippen molar-refractivity contribution >= 4 is 29.3 Å². The minimum Gasteiger partial charge on any atom is -0.391 e. The summed E-state index contributed by atoms with van der Waals surface area (Å²) in [5, 5.41) is 41.1. The van der Waals surface area contributed by atoms with Gasteiger partial charge in [0.15, 0.2) is 0 Å². The molecule has 9 rings (SSSR count). The Morgan fingerprint density at radius 3 is 1.01 bits per heavy atom. The highest BCUT2D eigenvalue weighted by molar-refractivity contribution is 5.96. The van der Waals surface area contributed by atoms with Crippen LogP contribution in [0.2, 0.25) is 0 Å². The molecule has 4 amide bonds. The van der Waals surface area contributed by atoms with Crippen LogP contribution in [-0.4, -0.2) is 172 Å². The van der Waals surface area contributed by atoms with Crippen LogP contribution in [-0.2, 0) is 0 Å². The van der Waals surface area contributed by atoms with E-state index in [2.05, 4.69) is 129 Å². The second kappa shape index (κ2) is 38.4. The lowest BCUT2D eigenvalue weighted by molar-refractivity contribution is 0.0473. The normalized spacial score (nSPS) is 18.0. The van der Waals surface area contributed by atoms with Crippen LogP contribution in [0.3, 0.4) is 0 Å². The summed E-state index contributed by atoms with van der Waals surface area (Å²) in [6, 6.07) is 39.9. The van der Waals surface area contributed by atoms with Gasteiger partial charge in [0.1, 0.15) is 0 Å². The van der Waals surface area contributed by atoms with Gasteiger partial charge in [-0.25, -0.2) is 0 Å². The Bertz CT molecular complexity index is 2800. The molecule has 4 saturated heterocycles. The number of hydrogen-bond acceptors (Lipinski definition) is 10. The van der Waals surface area contributed by atoms with Crippen molar-refractivity contribution in [2.75, 3.05) is 78.5 Å². The third-order valence-corrected chi connectivity index (χ3v) is 17.7. The summed E-state index contributed by atoms with van der Waals surface area (Å²) in [6.45, 7) is 39.3. The average Bonchev–Trinajstić information content (AvgIpc) is 2.67. The Morgan fingerprint density at radius 1 is 0.418 bits per heavy atom. The number of amides is 4. The van der Waals surface area contributed by atoms with Crippen molar-refractivity contribution in [3.63, 3.8) is 0 Å². The minimum atomic E-state index is -0.363. The first-order valence-corrected chi connectivity index (χ1v) is 33.9. The highest BCUT2D eigenvalue weighted by atomic mass is 16.3. The Kier molecular flexibility index (Phi) is 31.6. The fourth-order valence-electron chi connectivity index (χ4n) is 11.3. The smallest absolute Gasteiger partial charge is 0.253 e. The predicted octanol–water partition coefficient (Wildman–Crippen LogP) is 13.3. The monoisotopic (exact) mass is 1250 g/mol. The Balaban J connectivity index is 0.000000207. The lowest BCUT2D eigenvalue weighted by atomic mass is 10.00. The number of carbonyl (C=O) groups excluding carboxylic acids is 4. The molecule has 0 radical (unpaired) electrons. The molecular weight excluding hydrogens is 1140 g/mol. The lowest BCUT2D eigenvalue weighted by Crippen LogP contribution is -2.42. The third kappa shape index (κ3) is 24.7. The minimum absolute atomic E-state index is 0.0249. The highest BCUT2D eigenvalue weighted by Crippen LogP contribution is 2.26. The summed E-state index contributed by atoms with van der Waals surface area (Å²) in [7, 11) is 0. The van der Waals surface area contributed by atoms with Crippen LogP contribution in [0, 0.1) is 0 Å². The zero-order chi connectivity index (χ0) is 66.7. The molecule has 0 spiro atoms. The van der Waals surface area contributed by atoms with Crippen LogP contribution in [0.1, 0.15) is 239 Å². The molecule has 4 aliphatic heterocycles. The second-order valence-corrected chi connectivity index (χ2v) is 26.5. The number of nitrogens with zero attached hydrogens (tertiary/aromatic N) is 5. The number of nitrogens with one attached hydrogen (secondary N) is 1. The summed E-state index contributed by atoms with van der Waals surface area (Å²) < 4.78 is 0. The van der Waals surface area contributed by atoms with E-state index in [0.717, 1.165) is 94.6 Å². The van der Waals surface area contributed by atoms with Gasteiger partial charge in [-0.05, 0) is 183 Å². The van der Waals surface area contributed by atoms with E-state index in [4.69, 9.17) is 0 Å². The highest BCUT2D eigenvalue weighted by Gasteiger charge is 2.27. The maximum Gasteiger partial charge on any atom is 0.253 e. The van der Waals surface area contributed by atoms with E-state index < -0.39 is 0 Å². The topological polar surface area (TPSA) is 177 Å². The van der Waals surface area contributed by atoms with Gasteiger partial charge in [0.2, 0.25) is 0 Å². The van der Waals surface area contributed by atoms with Gasteiger partial charge >= 0.3 is 0 Å². The van der Waals surface area contributed by atoms with Gasteiger partial charge in [0, 0.05) is 86.9 Å². The molecule has 4 fully saturated rings. The van der Waals surface area contributed by atoms with Crippen LogP contribution in [0.15, 0.2) is 128 Å². The van der Waals surface area contributed by atoms with Crippen molar-refractivity contribution in [1.82, 2.24) is 29.8 Å². The van der Waals surface area contributed by atoms with Gasteiger partial charge in [-0.1, -0.05) is 162 Å². The Morgan fingerprint density at radius 2 is 0.703 bits per heavy atom. The third-order valence-electron chi connectivity index (χ3n) is 17.7. The van der Waals surface area contributed by atoms with E-state index in [1.54, 1.807) is 14.7 Å². The van der Waals surface area contributed by atoms with Gasteiger partial charge in [0.25, 0.3) is 23.6 Å². The molecule has 5 aromatic carbocycles. The molecule has 5 aromatic rings. The van der Waals surface area contributed by atoms with E-state index >= 15 is 0 Å². The Labute approximate surface area is 546 Å². The standard InChI is InChI=1S/C18H30N2O.C16H23NO.C15H21NO2.2C14H19NO2/c1-5-20(6-2)14-8-7-13-19-18(21)17-11-9-16(10-12-17)15(3)4;1-12(2)14-6-8-15(9-7-14)13(3)17-10-4-5-16(18)11-17;1-11(2)12-5-7-13(8-6-12)15(18)16-9-3-4-14(17)10-16;2*1-10(2)11-3-5-12(6-4-11)14(17)15-8-7-13(16)9-15/h9-12,15H,5-8,13-14H2,1-4H3,(H,19,21);6-9,12,16,18H,3-5,10-11H2,1-2H3;5-8,11,14,17H,3-4,9-10H2,1-2H3;2*3-6,10,13,16H,7-9H2,1-2H3/t;16-;14-;2*13-/m.0110/s1. The van der Waals surface area contributed by atoms with Crippen LogP contribution >= 0.6 is 0 Å². The van der Waals surface area contributed by atoms with E-state index in [9.17, 15) is 39.6 Å². The summed E-state index contributed by atoms with van der Waals surface area (Å²) in [6.07, 6.45) is 5.92. The number of benzene rings is 5. The number of β-amino-alcohol motifs (C(OH)–C–C–N with tert-alkyl or cyclic N) is 4. The summed E-state index contributed by atoms with van der Waals surface area (Å²) in [4.78, 5) is 58.2. The van der Waals surface area contributed by atoms with Gasteiger partial charge in [0.05, 0.1) is 24.4 Å². The first-order valence-electron chi connectivity index (χ1n) is 33.9. The zero-order valence-corrected chi connectivity index (χ0v) is 57.3. The first kappa shape index (κ1) is 75.0. The molecule has 14 nitrogen and oxygen atoms in total. The van der Waals surface area contributed by atoms with Crippen molar-refractivity contribution in [1.29, 1.82) is 0 Å². The number of rotatable bonds is 18. The van der Waals surface area contributed by atoms with Crippen LogP contribution in [0.25, 0.3) is 5.70 Å². The van der Waals surface area contributed by atoms with Crippen molar-refractivity contribution in [2.45, 2.75) is 188 Å². The number of carbonyl (C=O) groups is 4. The van der Waals surface area contributed by atoms with E-state index in [0.29, 0.717) is 98.4 Å². The number of piperidine rings is 2. The van der Waals surface area contributed by atoms with Crippen molar-refractivity contribution in [3.8, 4) is 0 Å². The fraction of sp³-hybridized carbons (Fsp3) is 0.532. The molecule has 0 aromatic heterocycles. The van der Waals surface area contributed by atoms with E-state index in [1.807, 2.05) is 97.1 Å².